The van der Waals surface area contributed by atoms with Crippen molar-refractivity contribution >= 4 is 33.9 Å². The molecule has 1 aliphatic rings. The van der Waals surface area contributed by atoms with Gasteiger partial charge in [-0.15, -0.1) is 6.58 Å². The molecule has 1 aromatic carbocycles. The number of rotatable bonds is 4. The van der Waals surface area contributed by atoms with Gasteiger partial charge in [0, 0.05) is 11.8 Å². The van der Waals surface area contributed by atoms with Crippen LogP contribution < -0.4 is 11.1 Å². The third-order valence-corrected chi connectivity index (χ3v) is 5.28. The Hall–Kier alpha value is -2.82. The van der Waals surface area contributed by atoms with E-state index in [1.807, 2.05) is 6.07 Å². The lowest BCUT2D eigenvalue weighted by atomic mass is 9.84. The summed E-state index contributed by atoms with van der Waals surface area (Å²) in [5.41, 5.74) is 2.60. The summed E-state index contributed by atoms with van der Waals surface area (Å²) >= 11 is 6.08. The van der Waals surface area contributed by atoms with Crippen molar-refractivity contribution in [1.82, 2.24) is 0 Å². The fourth-order valence-electron chi connectivity index (χ4n) is 2.70. The highest BCUT2D eigenvalue weighted by Crippen LogP contribution is 2.46. The van der Waals surface area contributed by atoms with Crippen molar-refractivity contribution in [3.8, 4) is 12.1 Å². The Kier molecular flexibility index (Phi) is 5.88. The summed E-state index contributed by atoms with van der Waals surface area (Å²) in [5, 5.41) is 20.7. The normalized spacial score (nSPS) is 20.5. The van der Waals surface area contributed by atoms with Crippen LogP contribution in [0, 0.1) is 22.7 Å². The van der Waals surface area contributed by atoms with Crippen LogP contribution in [-0.2, 0) is 22.5 Å². The minimum absolute atomic E-state index is 0.0237. The first-order chi connectivity index (χ1) is 13.0. The van der Waals surface area contributed by atoms with Crippen LogP contribution in [0.1, 0.15) is 17.5 Å². The quantitative estimate of drug-likeness (QED) is 0.563. The van der Waals surface area contributed by atoms with Gasteiger partial charge in [0.25, 0.3) is 0 Å². The molecule has 0 aliphatic carbocycles. The van der Waals surface area contributed by atoms with Gasteiger partial charge in [-0.05, 0) is 12.1 Å². The number of anilines is 1. The molecule has 2 unspecified atom stereocenters. The van der Waals surface area contributed by atoms with Gasteiger partial charge < -0.3 is 11.1 Å². The van der Waals surface area contributed by atoms with Gasteiger partial charge in [-0.1, -0.05) is 17.7 Å². The van der Waals surface area contributed by atoms with Crippen LogP contribution in [0.3, 0.4) is 0 Å². The number of fused-ring (bicyclic) bond motifs is 1. The average molecular weight is 428 g/mol. The smallest absolute Gasteiger partial charge is 0.389 e. The van der Waals surface area contributed by atoms with Gasteiger partial charge in [-0.2, -0.15) is 23.7 Å². The number of halogens is 4. The maximum atomic E-state index is 13.2. The summed E-state index contributed by atoms with van der Waals surface area (Å²) in [5.74, 6) is -0.135. The molecular formula is C17H13ClF3N5OS. The van der Waals surface area contributed by atoms with Crippen LogP contribution in [0.4, 0.5) is 18.9 Å². The number of nitrogens with two attached hydrogens (primary N) is 1. The molecule has 6 nitrogen and oxygen atoms in total. The van der Waals surface area contributed by atoms with E-state index in [4.69, 9.17) is 22.6 Å². The second-order valence-electron chi connectivity index (χ2n) is 5.74. The van der Waals surface area contributed by atoms with Gasteiger partial charge in [0.1, 0.15) is 28.0 Å². The Morgan fingerprint density at radius 3 is 2.61 bits per heavy atom. The van der Waals surface area contributed by atoms with E-state index >= 15 is 0 Å². The van der Waals surface area contributed by atoms with Crippen molar-refractivity contribution in [2.45, 2.75) is 18.1 Å². The van der Waals surface area contributed by atoms with Gasteiger partial charge in [0.05, 0.1) is 39.6 Å². The van der Waals surface area contributed by atoms with Crippen LogP contribution in [-0.4, -0.2) is 16.3 Å². The number of allylic oxidation sites excluding steroid dienone is 1. The molecule has 2 atom stereocenters. The fraction of sp³-hybridized carbons (Fsp3) is 0.235. The monoisotopic (exact) mass is 427 g/mol. The number of alkyl halides is 3. The minimum atomic E-state index is -4.68. The average Bonchev–Trinajstić information content (AvgIpc) is 2.61. The number of hydrogen-bond donors (Lipinski definition) is 2. The summed E-state index contributed by atoms with van der Waals surface area (Å²) < 4.78 is 51.8. The molecule has 0 spiro atoms. The van der Waals surface area contributed by atoms with Gasteiger partial charge in [-0.3, -0.25) is 9.20 Å². The zero-order valence-electron chi connectivity index (χ0n) is 14.4. The summed E-state index contributed by atoms with van der Waals surface area (Å²) in [7, 11) is -1.77. The molecule has 11 heteroatoms. The van der Waals surface area contributed by atoms with Gasteiger partial charge >= 0.3 is 6.18 Å². The van der Waals surface area contributed by atoms with Gasteiger partial charge in [-0.25, -0.2) is 0 Å². The fourth-order valence-corrected chi connectivity index (χ4v) is 3.70. The van der Waals surface area contributed by atoms with Crippen LogP contribution in [0.5, 0.6) is 0 Å². The van der Waals surface area contributed by atoms with Crippen molar-refractivity contribution in [1.29, 1.82) is 10.5 Å². The second kappa shape index (κ2) is 7.66. The third kappa shape index (κ3) is 3.75. The Bertz CT molecular complexity index is 1020. The molecular weight excluding hydrogens is 415 g/mol. The number of aliphatic imine (C=N–C) groups is 1. The van der Waals surface area contributed by atoms with E-state index in [0.717, 1.165) is 12.1 Å². The maximum Gasteiger partial charge on any atom is 0.416 e. The molecule has 1 heterocycles. The molecule has 2 rings (SSSR count). The minimum Gasteiger partial charge on any atom is -0.389 e. The van der Waals surface area contributed by atoms with E-state index in [9.17, 15) is 22.6 Å². The lowest BCUT2D eigenvalue weighted by Crippen LogP contribution is -2.35. The molecule has 0 saturated carbocycles. The molecule has 0 fully saturated rings. The van der Waals surface area contributed by atoms with E-state index in [1.54, 1.807) is 6.07 Å². The highest BCUT2D eigenvalue weighted by Gasteiger charge is 2.41. The molecule has 0 radical (unpaired) electrons. The van der Waals surface area contributed by atoms with Crippen molar-refractivity contribution in [2.24, 2.45) is 10.7 Å². The van der Waals surface area contributed by atoms with E-state index < -0.39 is 33.8 Å². The first-order valence-corrected chi connectivity index (χ1v) is 9.46. The number of nitrogens with one attached hydrogen (secondary N) is 1. The highest BCUT2D eigenvalue weighted by molar-refractivity contribution is 7.89. The summed E-state index contributed by atoms with van der Waals surface area (Å²) in [4.78, 5) is 4.12. The van der Waals surface area contributed by atoms with E-state index in [0.29, 0.717) is 0 Å². The number of nitriles is 2. The van der Waals surface area contributed by atoms with Crippen molar-refractivity contribution in [2.75, 3.05) is 11.6 Å². The lowest BCUT2D eigenvalue weighted by molar-refractivity contribution is -0.137. The van der Waals surface area contributed by atoms with Crippen LogP contribution in [0.15, 0.2) is 40.4 Å². The molecule has 0 saturated heterocycles. The van der Waals surface area contributed by atoms with E-state index in [-0.39, 0.29) is 33.4 Å². The molecule has 0 bridgehead atoms. The first-order valence-electron chi connectivity index (χ1n) is 7.53. The van der Waals surface area contributed by atoms with Crippen molar-refractivity contribution < 1.29 is 17.4 Å². The third-order valence-electron chi connectivity index (χ3n) is 3.99. The number of benzene rings is 1. The molecule has 3 N–H and O–H groups in total. The van der Waals surface area contributed by atoms with Gasteiger partial charge in [0.2, 0.25) is 0 Å². The Morgan fingerprint density at radius 1 is 1.50 bits per heavy atom. The van der Waals surface area contributed by atoms with Crippen LogP contribution in [0.25, 0.3) is 0 Å². The number of nitrogens with zero attached hydrogens (tertiary/aromatic N) is 3. The zero-order valence-corrected chi connectivity index (χ0v) is 16.0. The first kappa shape index (κ1) is 21.5. The summed E-state index contributed by atoms with van der Waals surface area (Å²) in [6, 6.07) is 5.07. The van der Waals surface area contributed by atoms with E-state index in [1.165, 1.54) is 12.3 Å². The second-order valence-corrected chi connectivity index (χ2v) is 7.46. The predicted octanol–water partition coefficient (Wildman–Crippen LogP) is 3.55. The summed E-state index contributed by atoms with van der Waals surface area (Å²) in [6.07, 6.45) is -2.59. The Morgan fingerprint density at radius 2 is 2.14 bits per heavy atom. The van der Waals surface area contributed by atoms with E-state index in [2.05, 4.69) is 16.9 Å². The SMILES string of the molecule is C=CC1(CC#N)N=C(C(=C(N)C#N)S(C)=O)Nc2c(Cl)cc(C(F)(F)F)cc21. The van der Waals surface area contributed by atoms with Gasteiger partial charge in [0.15, 0.2) is 0 Å². The molecule has 0 amide bonds. The molecule has 28 heavy (non-hydrogen) atoms. The van der Waals surface area contributed by atoms with Crippen molar-refractivity contribution in [3.63, 3.8) is 0 Å². The topological polar surface area (TPSA) is 115 Å². The number of hydrogen-bond acceptors (Lipinski definition) is 6. The zero-order chi connectivity index (χ0) is 21.3. The van der Waals surface area contributed by atoms with Crippen LogP contribution in [0.2, 0.25) is 5.02 Å². The molecule has 0 aromatic heterocycles. The Balaban J connectivity index is 2.88. The van der Waals surface area contributed by atoms with Crippen molar-refractivity contribution in [3.05, 3.63) is 51.5 Å². The molecule has 1 aromatic rings. The lowest BCUT2D eigenvalue weighted by Gasteiger charge is -2.34. The Labute approximate surface area is 166 Å². The maximum absolute atomic E-state index is 13.2. The standard InChI is InChI=1S/C17H13ClF3N5OS/c1-3-16(4-5-22)10-6-9(17(19,20)21)7-11(18)13(10)25-15(26-16)14(28(2)27)12(24)8-23/h3,6-7H,1,4,24H2,2H3,(H,25,26). The number of amidine groups is 1. The molecule has 1 aliphatic heterocycles. The molecule has 146 valence electrons. The summed E-state index contributed by atoms with van der Waals surface area (Å²) in [6.45, 7) is 3.60. The van der Waals surface area contributed by atoms with Crippen LogP contribution >= 0.6 is 11.6 Å². The highest BCUT2D eigenvalue weighted by atomic mass is 35.5. The largest absolute Gasteiger partial charge is 0.416 e. The predicted molar refractivity (Wildman–Crippen MR) is 101 cm³/mol.